The lowest BCUT2D eigenvalue weighted by molar-refractivity contribution is -0.115. The molecule has 2 aromatic carbocycles. The van der Waals surface area contributed by atoms with Crippen LogP contribution in [-0.4, -0.2) is 12.3 Å². The molecule has 0 bridgehead atoms. The lowest BCUT2D eigenvalue weighted by Gasteiger charge is -2.13. The molecule has 19 heavy (non-hydrogen) atoms. The van der Waals surface area contributed by atoms with Gasteiger partial charge in [0.15, 0.2) is 12.4 Å². The number of aldehydes is 1. The number of hydrogen-bond acceptors (Lipinski definition) is 3. The van der Waals surface area contributed by atoms with Gasteiger partial charge < -0.3 is 4.74 Å². The molecule has 0 saturated heterocycles. The van der Waals surface area contributed by atoms with Crippen molar-refractivity contribution in [2.75, 3.05) is 0 Å². The Morgan fingerprint density at radius 2 is 1.84 bits per heavy atom. The number of benzene rings is 2. The van der Waals surface area contributed by atoms with Crippen molar-refractivity contribution in [3.05, 3.63) is 71.3 Å². The molecule has 0 aliphatic rings. The highest BCUT2D eigenvalue weighted by molar-refractivity contribution is 5.90. The lowest BCUT2D eigenvalue weighted by atomic mass is 10.1. The van der Waals surface area contributed by atoms with Gasteiger partial charge in [-0.3, -0.25) is 4.79 Å². The normalized spacial score (nSPS) is 11.6. The largest absolute Gasteiger partial charge is 0.446 e. The lowest BCUT2D eigenvalue weighted by Crippen LogP contribution is -2.12. The average molecular weight is 254 g/mol. The second-order valence-corrected chi connectivity index (χ2v) is 4.24. The van der Waals surface area contributed by atoms with Gasteiger partial charge in [-0.25, -0.2) is 4.79 Å². The molecule has 0 aliphatic carbocycles. The molecule has 0 aliphatic heterocycles. The summed E-state index contributed by atoms with van der Waals surface area (Å²) in [6.07, 6.45) is -0.233. The summed E-state index contributed by atoms with van der Waals surface area (Å²) in [6.45, 7) is 1.92. The molecule has 0 radical (unpaired) electrons. The second-order valence-electron chi connectivity index (χ2n) is 4.24. The molecular weight excluding hydrogens is 240 g/mol. The molecule has 0 N–H and O–H groups in total. The van der Waals surface area contributed by atoms with Gasteiger partial charge in [0, 0.05) is 0 Å². The minimum Gasteiger partial charge on any atom is -0.446 e. The first-order valence-electron chi connectivity index (χ1n) is 5.98. The van der Waals surface area contributed by atoms with Crippen molar-refractivity contribution in [2.24, 2.45) is 0 Å². The first kappa shape index (κ1) is 13.0. The molecule has 3 nitrogen and oxygen atoms in total. The van der Waals surface area contributed by atoms with E-state index in [-0.39, 0.29) is 0 Å². The van der Waals surface area contributed by atoms with Crippen LogP contribution in [0.4, 0.5) is 0 Å². The molecule has 0 fully saturated rings. The van der Waals surface area contributed by atoms with E-state index in [1.54, 1.807) is 30.3 Å². The zero-order chi connectivity index (χ0) is 13.7. The van der Waals surface area contributed by atoms with Crippen molar-refractivity contribution in [1.29, 1.82) is 0 Å². The summed E-state index contributed by atoms with van der Waals surface area (Å²) in [6, 6.07) is 16.0. The number of carbonyl (C=O) groups is 2. The van der Waals surface area contributed by atoms with Crippen LogP contribution in [0.15, 0.2) is 54.6 Å². The number of ether oxygens (including phenoxy) is 1. The summed E-state index contributed by atoms with van der Waals surface area (Å²) < 4.78 is 5.22. The molecular formula is C16H14O3. The third kappa shape index (κ3) is 3.28. The van der Waals surface area contributed by atoms with Crippen LogP contribution in [-0.2, 0) is 9.53 Å². The Morgan fingerprint density at radius 1 is 1.11 bits per heavy atom. The Morgan fingerprint density at radius 3 is 2.47 bits per heavy atom. The van der Waals surface area contributed by atoms with E-state index in [0.29, 0.717) is 17.4 Å². The summed E-state index contributed by atoms with van der Waals surface area (Å²) in [4.78, 5) is 23.0. The number of carbonyl (C=O) groups excluding carboxylic acids is 2. The average Bonchev–Trinajstić information content (AvgIpc) is 2.45. The second kappa shape index (κ2) is 5.96. The van der Waals surface area contributed by atoms with Gasteiger partial charge in [-0.15, -0.1) is 0 Å². The fourth-order valence-electron chi connectivity index (χ4n) is 1.78. The summed E-state index contributed by atoms with van der Waals surface area (Å²) in [5.41, 5.74) is 2.13. The Hall–Kier alpha value is -2.42. The summed E-state index contributed by atoms with van der Waals surface area (Å²) in [5.74, 6) is -0.501. The summed E-state index contributed by atoms with van der Waals surface area (Å²) in [7, 11) is 0. The maximum Gasteiger partial charge on any atom is 0.339 e. The minimum atomic E-state index is -0.868. The molecule has 2 rings (SSSR count). The zero-order valence-electron chi connectivity index (χ0n) is 10.6. The topological polar surface area (TPSA) is 43.4 Å². The highest BCUT2D eigenvalue weighted by atomic mass is 16.5. The Labute approximate surface area is 111 Å². The van der Waals surface area contributed by atoms with Gasteiger partial charge in [-0.2, -0.15) is 0 Å². The van der Waals surface area contributed by atoms with E-state index in [4.69, 9.17) is 4.74 Å². The molecule has 3 heteroatoms. The molecule has 0 aromatic heterocycles. The third-order valence-electron chi connectivity index (χ3n) is 2.74. The van der Waals surface area contributed by atoms with Crippen LogP contribution in [0.25, 0.3) is 0 Å². The van der Waals surface area contributed by atoms with Gasteiger partial charge in [0.1, 0.15) is 0 Å². The Bertz CT molecular complexity index is 576. The molecule has 96 valence electrons. The quantitative estimate of drug-likeness (QED) is 0.622. The standard InChI is InChI=1S/C16H14O3/c1-12-6-5-9-14(10-12)15(11-17)19-16(18)13-7-3-2-4-8-13/h2-11,15H,1H3. The maximum absolute atomic E-state index is 11.9. The van der Waals surface area contributed by atoms with Crippen molar-refractivity contribution in [3.8, 4) is 0 Å². The maximum atomic E-state index is 11.9. The van der Waals surface area contributed by atoms with Crippen molar-refractivity contribution >= 4 is 12.3 Å². The van der Waals surface area contributed by atoms with Crippen LogP contribution in [0, 0.1) is 6.92 Å². The van der Waals surface area contributed by atoms with E-state index in [1.165, 1.54) is 0 Å². The van der Waals surface area contributed by atoms with E-state index in [2.05, 4.69) is 0 Å². The van der Waals surface area contributed by atoms with Crippen molar-refractivity contribution < 1.29 is 14.3 Å². The fraction of sp³-hybridized carbons (Fsp3) is 0.125. The highest BCUT2D eigenvalue weighted by Gasteiger charge is 2.17. The summed E-state index contributed by atoms with van der Waals surface area (Å²) >= 11 is 0. The zero-order valence-corrected chi connectivity index (χ0v) is 10.6. The van der Waals surface area contributed by atoms with Crippen molar-refractivity contribution in [3.63, 3.8) is 0 Å². The van der Waals surface area contributed by atoms with Gasteiger partial charge >= 0.3 is 5.97 Å². The summed E-state index contributed by atoms with van der Waals surface area (Å²) in [5, 5.41) is 0. The minimum absolute atomic E-state index is 0.432. The fourth-order valence-corrected chi connectivity index (χ4v) is 1.78. The Kier molecular flexibility index (Phi) is 4.08. The predicted molar refractivity (Wildman–Crippen MR) is 71.8 cm³/mol. The van der Waals surface area contributed by atoms with Crippen LogP contribution in [0.2, 0.25) is 0 Å². The smallest absolute Gasteiger partial charge is 0.339 e. The molecule has 2 aromatic rings. The van der Waals surface area contributed by atoms with Gasteiger partial charge in [0.2, 0.25) is 0 Å². The number of esters is 1. The molecule has 1 atom stereocenters. The van der Waals surface area contributed by atoms with Gasteiger partial charge in [0.05, 0.1) is 5.56 Å². The first-order valence-corrected chi connectivity index (χ1v) is 5.98. The molecule has 0 spiro atoms. The van der Waals surface area contributed by atoms with Gasteiger partial charge in [0.25, 0.3) is 0 Å². The predicted octanol–water partition coefficient (Wildman–Crippen LogP) is 3.09. The number of rotatable bonds is 4. The van der Waals surface area contributed by atoms with Crippen LogP contribution >= 0.6 is 0 Å². The molecule has 0 amide bonds. The van der Waals surface area contributed by atoms with E-state index >= 15 is 0 Å². The molecule has 1 unspecified atom stereocenters. The molecule has 0 heterocycles. The molecule has 0 saturated carbocycles. The van der Waals surface area contributed by atoms with Crippen LogP contribution in [0.5, 0.6) is 0 Å². The SMILES string of the molecule is Cc1cccc(C(C=O)OC(=O)c2ccccc2)c1. The van der Waals surface area contributed by atoms with E-state index < -0.39 is 12.1 Å². The van der Waals surface area contributed by atoms with Gasteiger partial charge in [-0.05, 0) is 24.6 Å². The van der Waals surface area contributed by atoms with E-state index in [9.17, 15) is 9.59 Å². The first-order chi connectivity index (χ1) is 9.20. The van der Waals surface area contributed by atoms with Crippen LogP contribution in [0.1, 0.15) is 27.6 Å². The highest BCUT2D eigenvalue weighted by Crippen LogP contribution is 2.18. The van der Waals surface area contributed by atoms with Gasteiger partial charge in [-0.1, -0.05) is 48.0 Å². The van der Waals surface area contributed by atoms with Crippen LogP contribution in [0.3, 0.4) is 0 Å². The number of aryl methyl sites for hydroxylation is 1. The monoisotopic (exact) mass is 254 g/mol. The van der Waals surface area contributed by atoms with Crippen LogP contribution < -0.4 is 0 Å². The Balaban J connectivity index is 2.16. The third-order valence-corrected chi connectivity index (χ3v) is 2.74. The van der Waals surface area contributed by atoms with Crippen molar-refractivity contribution in [1.82, 2.24) is 0 Å². The van der Waals surface area contributed by atoms with Crippen molar-refractivity contribution in [2.45, 2.75) is 13.0 Å². The number of hydrogen-bond donors (Lipinski definition) is 0. The van der Waals surface area contributed by atoms with E-state index in [0.717, 1.165) is 5.56 Å². The van der Waals surface area contributed by atoms with E-state index in [1.807, 2.05) is 31.2 Å².